The maximum absolute atomic E-state index is 11.7. The lowest BCUT2D eigenvalue weighted by atomic mass is 9.97. The van der Waals surface area contributed by atoms with Gasteiger partial charge in [0.05, 0.1) is 14.2 Å². The van der Waals surface area contributed by atoms with Crippen LogP contribution in [0.5, 0.6) is 11.5 Å². The van der Waals surface area contributed by atoms with E-state index in [0.717, 1.165) is 11.1 Å². The first-order valence-electron chi connectivity index (χ1n) is 5.99. The highest BCUT2D eigenvalue weighted by molar-refractivity contribution is 6.00. The molecule has 0 aromatic heterocycles. The summed E-state index contributed by atoms with van der Waals surface area (Å²) < 4.78 is 10.5. The molecule has 0 aliphatic rings. The van der Waals surface area contributed by atoms with Crippen LogP contribution in [0.2, 0.25) is 0 Å². The number of ether oxygens (including phenoxy) is 2. The summed E-state index contributed by atoms with van der Waals surface area (Å²) in [4.78, 5) is 11.7. The molecule has 19 heavy (non-hydrogen) atoms. The van der Waals surface area contributed by atoms with Crippen molar-refractivity contribution in [1.82, 2.24) is 0 Å². The van der Waals surface area contributed by atoms with Crippen molar-refractivity contribution in [1.29, 1.82) is 0 Å². The van der Waals surface area contributed by atoms with E-state index in [0.29, 0.717) is 17.1 Å². The Balaban J connectivity index is 2.61. The topological polar surface area (TPSA) is 35.5 Å². The Bertz CT molecular complexity index is 580. The van der Waals surface area contributed by atoms with Crippen molar-refractivity contribution < 1.29 is 14.3 Å². The van der Waals surface area contributed by atoms with Crippen LogP contribution in [0.25, 0.3) is 11.1 Å². The minimum Gasteiger partial charge on any atom is -0.497 e. The van der Waals surface area contributed by atoms with E-state index >= 15 is 0 Å². The Morgan fingerprint density at radius 2 is 1.53 bits per heavy atom. The van der Waals surface area contributed by atoms with Crippen molar-refractivity contribution in [2.75, 3.05) is 14.2 Å². The predicted molar refractivity (Wildman–Crippen MR) is 75.0 cm³/mol. The van der Waals surface area contributed by atoms with E-state index in [1.54, 1.807) is 27.2 Å². The molecule has 0 aliphatic heterocycles. The van der Waals surface area contributed by atoms with Gasteiger partial charge in [0.1, 0.15) is 11.5 Å². The molecule has 2 aromatic rings. The highest BCUT2D eigenvalue weighted by Crippen LogP contribution is 2.31. The number of hydrogen-bond donors (Lipinski definition) is 0. The van der Waals surface area contributed by atoms with Gasteiger partial charge in [-0.15, -0.1) is 0 Å². The zero-order valence-electron chi connectivity index (χ0n) is 11.3. The minimum atomic E-state index is 0.0392. The van der Waals surface area contributed by atoms with Crippen molar-refractivity contribution in [3.63, 3.8) is 0 Å². The number of hydrogen-bond acceptors (Lipinski definition) is 3. The molecule has 3 heteroatoms. The minimum absolute atomic E-state index is 0.0392. The van der Waals surface area contributed by atoms with Gasteiger partial charge in [-0.25, -0.2) is 0 Å². The van der Waals surface area contributed by atoms with Crippen LogP contribution in [0, 0.1) is 0 Å². The summed E-state index contributed by atoms with van der Waals surface area (Å²) in [5, 5.41) is 0. The third-order valence-electron chi connectivity index (χ3n) is 2.97. The first-order valence-corrected chi connectivity index (χ1v) is 5.99. The van der Waals surface area contributed by atoms with Gasteiger partial charge in [-0.3, -0.25) is 4.79 Å². The van der Waals surface area contributed by atoms with Gasteiger partial charge in [0.15, 0.2) is 5.78 Å². The average molecular weight is 256 g/mol. The lowest BCUT2D eigenvalue weighted by molar-refractivity contribution is 0.101. The molecule has 0 N–H and O–H groups in total. The lowest BCUT2D eigenvalue weighted by Crippen LogP contribution is -1.96. The predicted octanol–water partition coefficient (Wildman–Crippen LogP) is 3.57. The van der Waals surface area contributed by atoms with E-state index in [1.165, 1.54) is 0 Å². The first-order chi connectivity index (χ1) is 9.15. The Kier molecular flexibility index (Phi) is 3.85. The molecular formula is C16H16O3. The Morgan fingerprint density at radius 1 is 0.947 bits per heavy atom. The molecule has 0 saturated carbocycles. The van der Waals surface area contributed by atoms with Gasteiger partial charge in [-0.2, -0.15) is 0 Å². The summed E-state index contributed by atoms with van der Waals surface area (Å²) in [6, 6.07) is 13.1. The number of carbonyl (C=O) groups excluding carboxylic acids is 1. The summed E-state index contributed by atoms with van der Waals surface area (Å²) in [6.07, 6.45) is 0. The van der Waals surface area contributed by atoms with Crippen LogP contribution in [0.3, 0.4) is 0 Å². The van der Waals surface area contributed by atoms with Gasteiger partial charge < -0.3 is 9.47 Å². The molecule has 0 heterocycles. The van der Waals surface area contributed by atoms with Crippen molar-refractivity contribution >= 4 is 5.78 Å². The van der Waals surface area contributed by atoms with Crippen LogP contribution < -0.4 is 9.47 Å². The average Bonchev–Trinajstić information content (AvgIpc) is 2.46. The molecular weight excluding hydrogens is 240 g/mol. The van der Waals surface area contributed by atoms with Crippen LogP contribution >= 0.6 is 0 Å². The Morgan fingerprint density at radius 3 is 2.05 bits per heavy atom. The summed E-state index contributed by atoms with van der Waals surface area (Å²) >= 11 is 0. The fraction of sp³-hybridized carbons (Fsp3) is 0.188. The molecule has 0 aliphatic carbocycles. The quantitative estimate of drug-likeness (QED) is 0.784. The molecule has 0 saturated heterocycles. The van der Waals surface area contributed by atoms with Crippen molar-refractivity contribution in [3.8, 4) is 22.6 Å². The van der Waals surface area contributed by atoms with E-state index in [1.807, 2.05) is 36.4 Å². The molecule has 2 rings (SSSR count). The van der Waals surface area contributed by atoms with E-state index in [-0.39, 0.29) is 5.78 Å². The van der Waals surface area contributed by atoms with Crippen LogP contribution in [0.4, 0.5) is 0 Å². The van der Waals surface area contributed by atoms with Gasteiger partial charge in [0.25, 0.3) is 0 Å². The lowest BCUT2D eigenvalue weighted by Gasteiger charge is -2.11. The molecule has 0 spiro atoms. The molecule has 0 amide bonds. The molecule has 0 unspecified atom stereocenters. The van der Waals surface area contributed by atoms with Gasteiger partial charge in [-0.1, -0.05) is 24.3 Å². The smallest absolute Gasteiger partial charge is 0.160 e. The molecule has 0 atom stereocenters. The molecule has 0 radical (unpaired) electrons. The number of Topliss-reactive ketones (excluding diaryl/α,β-unsaturated/α-hetero) is 1. The standard InChI is InChI=1S/C16H16O3/c1-11(17)15-6-4-5-7-16(15)12-8-13(18-2)10-14(9-12)19-3/h4-10H,1-3H3. The second-order valence-corrected chi connectivity index (χ2v) is 4.20. The van der Waals surface area contributed by atoms with E-state index in [9.17, 15) is 4.79 Å². The summed E-state index contributed by atoms with van der Waals surface area (Å²) in [5.74, 6) is 1.44. The van der Waals surface area contributed by atoms with E-state index in [2.05, 4.69) is 0 Å². The van der Waals surface area contributed by atoms with Crippen molar-refractivity contribution in [2.45, 2.75) is 6.92 Å². The van der Waals surface area contributed by atoms with Crippen LogP contribution in [0.1, 0.15) is 17.3 Å². The second kappa shape index (κ2) is 5.57. The molecule has 98 valence electrons. The number of rotatable bonds is 4. The molecule has 0 bridgehead atoms. The van der Waals surface area contributed by atoms with Gasteiger partial charge >= 0.3 is 0 Å². The second-order valence-electron chi connectivity index (χ2n) is 4.20. The van der Waals surface area contributed by atoms with E-state index in [4.69, 9.17) is 9.47 Å². The van der Waals surface area contributed by atoms with E-state index < -0.39 is 0 Å². The highest BCUT2D eigenvalue weighted by atomic mass is 16.5. The van der Waals surface area contributed by atoms with Crippen molar-refractivity contribution in [2.24, 2.45) is 0 Å². The van der Waals surface area contributed by atoms with Crippen LogP contribution in [-0.4, -0.2) is 20.0 Å². The fourth-order valence-corrected chi connectivity index (χ4v) is 2.00. The highest BCUT2D eigenvalue weighted by Gasteiger charge is 2.10. The molecule has 2 aromatic carbocycles. The molecule has 3 nitrogen and oxygen atoms in total. The zero-order chi connectivity index (χ0) is 13.8. The first kappa shape index (κ1) is 13.1. The Labute approximate surface area is 112 Å². The Hall–Kier alpha value is -2.29. The van der Waals surface area contributed by atoms with Gasteiger partial charge in [-0.05, 0) is 30.2 Å². The van der Waals surface area contributed by atoms with Crippen LogP contribution in [0.15, 0.2) is 42.5 Å². The van der Waals surface area contributed by atoms with Gasteiger partial charge in [0, 0.05) is 11.6 Å². The summed E-state index contributed by atoms with van der Waals surface area (Å²) in [6.45, 7) is 1.57. The fourth-order valence-electron chi connectivity index (χ4n) is 2.00. The van der Waals surface area contributed by atoms with Gasteiger partial charge in [0.2, 0.25) is 0 Å². The van der Waals surface area contributed by atoms with Crippen molar-refractivity contribution in [3.05, 3.63) is 48.0 Å². The SMILES string of the molecule is COc1cc(OC)cc(-c2ccccc2C(C)=O)c1. The zero-order valence-corrected chi connectivity index (χ0v) is 11.3. The molecule has 0 fully saturated rings. The van der Waals surface area contributed by atoms with Crippen LogP contribution in [-0.2, 0) is 0 Å². The summed E-state index contributed by atoms with van der Waals surface area (Å²) in [7, 11) is 3.21. The monoisotopic (exact) mass is 256 g/mol. The number of benzene rings is 2. The third kappa shape index (κ3) is 2.76. The maximum Gasteiger partial charge on any atom is 0.160 e. The number of methoxy groups -OCH3 is 2. The summed E-state index contributed by atoms with van der Waals surface area (Å²) in [5.41, 5.74) is 2.48. The third-order valence-corrected chi connectivity index (χ3v) is 2.97. The normalized spacial score (nSPS) is 10.1. The maximum atomic E-state index is 11.7. The largest absolute Gasteiger partial charge is 0.497 e. The number of ketones is 1. The number of carbonyl (C=O) groups is 1.